The lowest BCUT2D eigenvalue weighted by atomic mass is 9.92. The van der Waals surface area contributed by atoms with E-state index in [1.165, 1.54) is 23.9 Å². The van der Waals surface area contributed by atoms with E-state index in [0.29, 0.717) is 51.2 Å². The number of fused-ring (bicyclic) bond motifs is 1. The molecule has 2 aromatic carbocycles. The van der Waals surface area contributed by atoms with Crippen molar-refractivity contribution < 1.29 is 19.1 Å². The van der Waals surface area contributed by atoms with Gasteiger partial charge < -0.3 is 19.8 Å². The smallest absolute Gasteiger partial charge is 0.337 e. The lowest BCUT2D eigenvalue weighted by molar-refractivity contribution is 0.0600. The predicted molar refractivity (Wildman–Crippen MR) is 133 cm³/mol. The lowest BCUT2D eigenvalue weighted by Gasteiger charge is -2.15. The SMILES string of the molecule is CCOc1ccc(-c2nn3nc(C(C)(C)C)c(Cl)c3[nH]2)cc1NC(=O)c1ccc(C(=O)OC)cc1. The topological polar surface area (TPSA) is 111 Å². The van der Waals surface area contributed by atoms with Crippen molar-refractivity contribution in [2.75, 3.05) is 19.0 Å². The number of nitrogens with one attached hydrogen (secondary N) is 2. The van der Waals surface area contributed by atoms with Crippen LogP contribution in [0.25, 0.3) is 17.0 Å². The third-order valence-electron chi connectivity index (χ3n) is 5.32. The number of aromatic amines is 1. The van der Waals surface area contributed by atoms with Crippen molar-refractivity contribution in [2.45, 2.75) is 33.1 Å². The van der Waals surface area contributed by atoms with Gasteiger partial charge in [0.05, 0.1) is 30.7 Å². The van der Waals surface area contributed by atoms with Gasteiger partial charge in [-0.2, -0.15) is 5.10 Å². The van der Waals surface area contributed by atoms with Gasteiger partial charge in [0.15, 0.2) is 11.5 Å². The molecule has 35 heavy (non-hydrogen) atoms. The number of anilines is 1. The van der Waals surface area contributed by atoms with Crippen LogP contribution >= 0.6 is 11.6 Å². The molecule has 1 amide bonds. The van der Waals surface area contributed by atoms with Crippen molar-refractivity contribution in [2.24, 2.45) is 0 Å². The zero-order valence-corrected chi connectivity index (χ0v) is 20.9. The molecule has 0 unspecified atom stereocenters. The number of H-pyrrole nitrogens is 1. The van der Waals surface area contributed by atoms with Crippen LogP contribution in [0.5, 0.6) is 5.75 Å². The van der Waals surface area contributed by atoms with Crippen LogP contribution in [-0.2, 0) is 10.2 Å². The Labute approximate surface area is 207 Å². The second-order valence-corrected chi connectivity index (χ2v) is 9.27. The molecule has 0 fully saturated rings. The summed E-state index contributed by atoms with van der Waals surface area (Å²) in [5, 5.41) is 12.5. The van der Waals surface area contributed by atoms with E-state index in [-0.39, 0.29) is 11.3 Å². The van der Waals surface area contributed by atoms with Crippen molar-refractivity contribution in [1.29, 1.82) is 0 Å². The van der Waals surface area contributed by atoms with Gasteiger partial charge in [-0.3, -0.25) is 4.79 Å². The summed E-state index contributed by atoms with van der Waals surface area (Å²) in [7, 11) is 1.30. The molecule has 10 heteroatoms. The van der Waals surface area contributed by atoms with Gasteiger partial charge in [-0.25, -0.2) is 4.79 Å². The number of ether oxygens (including phenoxy) is 2. The Balaban J connectivity index is 1.65. The van der Waals surface area contributed by atoms with Gasteiger partial charge in [0.2, 0.25) is 0 Å². The van der Waals surface area contributed by atoms with Crippen LogP contribution in [0.2, 0.25) is 5.02 Å². The Bertz CT molecular complexity index is 1400. The molecular weight excluding hydrogens is 470 g/mol. The second kappa shape index (κ2) is 9.42. The molecule has 0 atom stereocenters. The third kappa shape index (κ3) is 4.85. The minimum atomic E-state index is -0.470. The number of methoxy groups -OCH3 is 1. The fraction of sp³-hybridized carbons (Fsp3) is 0.280. The number of nitrogens with zero attached hydrogens (tertiary/aromatic N) is 3. The Kier molecular flexibility index (Phi) is 6.53. The van der Waals surface area contributed by atoms with Crippen molar-refractivity contribution in [3.63, 3.8) is 0 Å². The first kappa shape index (κ1) is 24.3. The van der Waals surface area contributed by atoms with Crippen LogP contribution in [0.1, 0.15) is 54.1 Å². The Morgan fingerprint density at radius 1 is 1.09 bits per heavy atom. The number of hydrogen-bond acceptors (Lipinski definition) is 6. The molecule has 4 aromatic rings. The van der Waals surface area contributed by atoms with Crippen LogP contribution in [-0.4, -0.2) is 45.4 Å². The summed E-state index contributed by atoms with van der Waals surface area (Å²) < 4.78 is 11.9. The molecule has 182 valence electrons. The van der Waals surface area contributed by atoms with Crippen LogP contribution in [0, 0.1) is 0 Å². The third-order valence-corrected chi connectivity index (χ3v) is 5.68. The standard InChI is InChI=1S/C25H26ClN5O4/c1-6-35-18-12-11-16(21-28-22-19(26)20(25(2,3)4)29-31(22)30-21)13-17(18)27-23(32)14-7-9-15(10-8-14)24(33)34-5/h7-13H,6H2,1-5H3,(H,27,32)(H,28,30). The summed E-state index contributed by atoms with van der Waals surface area (Å²) >= 11 is 6.56. The molecule has 0 saturated heterocycles. The Hall–Kier alpha value is -3.85. The number of halogens is 1. The van der Waals surface area contributed by atoms with Gasteiger partial charge in [0.25, 0.3) is 5.91 Å². The Morgan fingerprint density at radius 2 is 1.77 bits per heavy atom. The maximum atomic E-state index is 12.9. The summed E-state index contributed by atoms with van der Waals surface area (Å²) in [5.74, 6) is 0.227. The number of rotatable bonds is 6. The number of aromatic nitrogens is 4. The molecule has 0 saturated carbocycles. The van der Waals surface area contributed by atoms with E-state index in [9.17, 15) is 9.59 Å². The van der Waals surface area contributed by atoms with Crippen molar-refractivity contribution in [3.8, 4) is 17.1 Å². The van der Waals surface area contributed by atoms with Gasteiger partial charge in [-0.1, -0.05) is 32.4 Å². The van der Waals surface area contributed by atoms with Gasteiger partial charge >= 0.3 is 5.97 Å². The molecular formula is C25H26ClN5O4. The number of amides is 1. The summed E-state index contributed by atoms with van der Waals surface area (Å²) in [6.45, 7) is 8.39. The molecule has 2 heterocycles. The summed E-state index contributed by atoms with van der Waals surface area (Å²) in [6, 6.07) is 11.6. The van der Waals surface area contributed by atoms with Crippen LogP contribution in [0.3, 0.4) is 0 Å². The van der Waals surface area contributed by atoms with Gasteiger partial charge in [0, 0.05) is 16.5 Å². The maximum Gasteiger partial charge on any atom is 0.337 e. The van der Waals surface area contributed by atoms with Crippen molar-refractivity contribution >= 4 is 34.8 Å². The average Bonchev–Trinajstić information content (AvgIpc) is 3.39. The number of esters is 1. The monoisotopic (exact) mass is 495 g/mol. The van der Waals surface area contributed by atoms with Gasteiger partial charge in [0.1, 0.15) is 10.8 Å². The predicted octanol–water partition coefficient (Wildman–Crippen LogP) is 5.11. The molecule has 0 bridgehead atoms. The van der Waals surface area contributed by atoms with Crippen LogP contribution in [0.4, 0.5) is 5.69 Å². The molecule has 4 rings (SSSR count). The van der Waals surface area contributed by atoms with E-state index in [1.807, 2.05) is 33.8 Å². The fourth-order valence-corrected chi connectivity index (χ4v) is 3.98. The summed E-state index contributed by atoms with van der Waals surface area (Å²) in [5.41, 5.74) is 3.04. The number of carbonyl (C=O) groups excluding carboxylic acids is 2. The summed E-state index contributed by atoms with van der Waals surface area (Å²) in [6.07, 6.45) is 0. The highest BCUT2D eigenvalue weighted by Gasteiger charge is 2.25. The molecule has 9 nitrogen and oxygen atoms in total. The molecule has 2 aromatic heterocycles. The van der Waals surface area contributed by atoms with E-state index >= 15 is 0 Å². The zero-order valence-electron chi connectivity index (χ0n) is 20.1. The normalized spacial score (nSPS) is 11.5. The zero-order chi connectivity index (χ0) is 25.3. The minimum absolute atomic E-state index is 0.225. The number of carbonyl (C=O) groups is 2. The van der Waals surface area contributed by atoms with Gasteiger partial charge in [-0.05, 0) is 49.4 Å². The number of benzene rings is 2. The van der Waals surface area contributed by atoms with E-state index in [1.54, 1.807) is 24.3 Å². The van der Waals surface area contributed by atoms with Crippen molar-refractivity contribution in [1.82, 2.24) is 19.8 Å². The molecule has 0 aliphatic rings. The molecule has 0 spiro atoms. The summed E-state index contributed by atoms with van der Waals surface area (Å²) in [4.78, 5) is 27.8. The second-order valence-electron chi connectivity index (χ2n) is 8.89. The van der Waals surface area contributed by atoms with E-state index in [0.717, 1.165) is 5.69 Å². The number of hydrogen-bond donors (Lipinski definition) is 2. The first-order chi connectivity index (χ1) is 16.6. The minimum Gasteiger partial charge on any atom is -0.492 e. The first-order valence-corrected chi connectivity index (χ1v) is 11.4. The lowest BCUT2D eigenvalue weighted by Crippen LogP contribution is -2.13. The van der Waals surface area contributed by atoms with E-state index < -0.39 is 5.97 Å². The van der Waals surface area contributed by atoms with E-state index in [4.69, 9.17) is 21.1 Å². The first-order valence-electron chi connectivity index (χ1n) is 11.0. The average molecular weight is 496 g/mol. The van der Waals surface area contributed by atoms with Crippen LogP contribution in [0.15, 0.2) is 42.5 Å². The highest BCUT2D eigenvalue weighted by atomic mass is 35.5. The Morgan fingerprint density at radius 3 is 2.37 bits per heavy atom. The molecule has 0 aliphatic carbocycles. The van der Waals surface area contributed by atoms with Crippen molar-refractivity contribution in [3.05, 3.63) is 64.3 Å². The highest BCUT2D eigenvalue weighted by Crippen LogP contribution is 2.34. The molecule has 2 N–H and O–H groups in total. The van der Waals surface area contributed by atoms with Crippen LogP contribution < -0.4 is 10.1 Å². The molecule has 0 aliphatic heterocycles. The quantitative estimate of drug-likeness (QED) is 0.359. The highest BCUT2D eigenvalue weighted by molar-refractivity contribution is 6.34. The van der Waals surface area contributed by atoms with E-state index in [2.05, 4.69) is 20.5 Å². The molecule has 0 radical (unpaired) electrons. The fourth-order valence-electron chi connectivity index (χ4n) is 3.53. The van der Waals surface area contributed by atoms with Gasteiger partial charge in [-0.15, -0.1) is 9.73 Å². The largest absolute Gasteiger partial charge is 0.492 e. The maximum absolute atomic E-state index is 12.9.